The second-order valence-corrected chi connectivity index (χ2v) is 3.40. The van der Waals surface area contributed by atoms with Crippen molar-refractivity contribution in [3.63, 3.8) is 0 Å². The summed E-state index contributed by atoms with van der Waals surface area (Å²) in [4.78, 5) is 2.18. The van der Waals surface area contributed by atoms with E-state index in [0.717, 1.165) is 18.7 Å². The van der Waals surface area contributed by atoms with Gasteiger partial charge in [0, 0.05) is 6.54 Å². The van der Waals surface area contributed by atoms with Crippen molar-refractivity contribution in [2.75, 3.05) is 27.7 Å². The van der Waals surface area contributed by atoms with Gasteiger partial charge in [-0.25, -0.2) is 0 Å². The highest BCUT2D eigenvalue weighted by molar-refractivity contribution is 5.85. The van der Waals surface area contributed by atoms with Crippen LogP contribution in [0, 0.1) is 0 Å². The van der Waals surface area contributed by atoms with Gasteiger partial charge < -0.3 is 9.64 Å². The van der Waals surface area contributed by atoms with Gasteiger partial charge in [0.25, 0.3) is 0 Å². The number of nitrogens with zero attached hydrogens (tertiary/aromatic N) is 1. The average molecular weight is 216 g/mol. The van der Waals surface area contributed by atoms with Gasteiger partial charge in [-0.2, -0.15) is 0 Å². The molecule has 0 atom stereocenters. The third kappa shape index (κ3) is 4.49. The van der Waals surface area contributed by atoms with Crippen LogP contribution in [-0.2, 0) is 6.42 Å². The van der Waals surface area contributed by atoms with Crippen molar-refractivity contribution < 1.29 is 4.74 Å². The fourth-order valence-electron chi connectivity index (χ4n) is 1.14. The Hall–Kier alpha value is -0.730. The lowest BCUT2D eigenvalue weighted by Crippen LogP contribution is -2.14. The molecule has 0 amide bonds. The molecule has 0 saturated carbocycles. The Bertz CT molecular complexity index is 246. The lowest BCUT2D eigenvalue weighted by Gasteiger charge is -2.09. The van der Waals surface area contributed by atoms with Crippen LogP contribution in [0.1, 0.15) is 5.56 Å². The largest absolute Gasteiger partial charge is 0.497 e. The van der Waals surface area contributed by atoms with Crippen LogP contribution < -0.4 is 4.74 Å². The first-order chi connectivity index (χ1) is 6.22. The van der Waals surface area contributed by atoms with Crippen LogP contribution in [0.3, 0.4) is 0 Å². The normalized spacial score (nSPS) is 9.71. The zero-order valence-corrected chi connectivity index (χ0v) is 9.80. The van der Waals surface area contributed by atoms with Crippen LogP contribution in [0.15, 0.2) is 24.3 Å². The molecule has 0 spiro atoms. The molecule has 0 N–H and O–H groups in total. The summed E-state index contributed by atoms with van der Waals surface area (Å²) in [6.07, 6.45) is 1.09. The molecule has 1 aromatic rings. The summed E-state index contributed by atoms with van der Waals surface area (Å²) in [5.74, 6) is 0.925. The minimum Gasteiger partial charge on any atom is -0.497 e. The maximum Gasteiger partial charge on any atom is 0.118 e. The van der Waals surface area contributed by atoms with Crippen molar-refractivity contribution in [2.24, 2.45) is 0 Å². The summed E-state index contributed by atoms with van der Waals surface area (Å²) in [6.45, 7) is 1.09. The van der Waals surface area contributed by atoms with Crippen LogP contribution in [0.25, 0.3) is 0 Å². The first-order valence-electron chi connectivity index (χ1n) is 4.50. The van der Waals surface area contributed by atoms with Gasteiger partial charge in [0.05, 0.1) is 7.11 Å². The zero-order chi connectivity index (χ0) is 9.68. The van der Waals surface area contributed by atoms with Crippen LogP contribution in [-0.4, -0.2) is 32.6 Å². The number of halogens is 1. The molecular formula is C11H18ClNO. The molecule has 3 heteroatoms. The molecule has 0 aliphatic heterocycles. The number of methoxy groups -OCH3 is 1. The lowest BCUT2D eigenvalue weighted by atomic mass is 10.1. The van der Waals surface area contributed by atoms with Gasteiger partial charge in [0.15, 0.2) is 0 Å². The lowest BCUT2D eigenvalue weighted by molar-refractivity contribution is 0.410. The van der Waals surface area contributed by atoms with Gasteiger partial charge in [0.2, 0.25) is 0 Å². The number of benzene rings is 1. The third-order valence-electron chi connectivity index (χ3n) is 2.01. The van der Waals surface area contributed by atoms with Crippen molar-refractivity contribution in [3.05, 3.63) is 29.8 Å². The fourth-order valence-corrected chi connectivity index (χ4v) is 1.14. The van der Waals surface area contributed by atoms with Crippen LogP contribution in [0.2, 0.25) is 0 Å². The van der Waals surface area contributed by atoms with E-state index in [2.05, 4.69) is 31.1 Å². The minimum absolute atomic E-state index is 0. The standard InChI is InChI=1S/C11H17NO.ClH/c1-12(2)9-8-10-4-6-11(13-3)7-5-10;/h4-7H,8-9H2,1-3H3;1H. The topological polar surface area (TPSA) is 12.5 Å². The van der Waals surface area contributed by atoms with Gasteiger partial charge in [-0.1, -0.05) is 12.1 Å². The summed E-state index contributed by atoms with van der Waals surface area (Å²) in [5, 5.41) is 0. The molecule has 0 aliphatic rings. The average Bonchev–Trinajstić information content (AvgIpc) is 2.15. The highest BCUT2D eigenvalue weighted by Crippen LogP contribution is 2.11. The molecule has 0 aliphatic carbocycles. The SMILES string of the molecule is COc1ccc(CCN(C)C)cc1.Cl. The van der Waals surface area contributed by atoms with Crippen LogP contribution >= 0.6 is 12.4 Å². The van der Waals surface area contributed by atoms with Gasteiger partial charge in [-0.05, 0) is 38.2 Å². The first-order valence-corrected chi connectivity index (χ1v) is 4.50. The third-order valence-corrected chi connectivity index (χ3v) is 2.01. The molecule has 0 fully saturated rings. The maximum atomic E-state index is 5.08. The highest BCUT2D eigenvalue weighted by Gasteiger charge is 1.95. The predicted octanol–water partition coefficient (Wildman–Crippen LogP) is 2.22. The number of likely N-dealkylation sites (N-methyl/N-ethyl adjacent to an activating group) is 1. The summed E-state index contributed by atoms with van der Waals surface area (Å²) in [7, 11) is 5.86. The molecule has 0 radical (unpaired) electrons. The van der Waals surface area contributed by atoms with E-state index in [0.29, 0.717) is 0 Å². The molecule has 0 bridgehead atoms. The molecule has 1 aromatic carbocycles. The van der Waals surface area contributed by atoms with E-state index in [1.165, 1.54) is 5.56 Å². The van der Waals surface area contributed by atoms with Gasteiger partial charge in [-0.3, -0.25) is 0 Å². The Balaban J connectivity index is 0.00000169. The van der Waals surface area contributed by atoms with Crippen LogP contribution in [0.5, 0.6) is 5.75 Å². The first kappa shape index (κ1) is 13.3. The fraction of sp³-hybridized carbons (Fsp3) is 0.455. The van der Waals surface area contributed by atoms with Crippen LogP contribution in [0.4, 0.5) is 0 Å². The van der Waals surface area contributed by atoms with E-state index in [9.17, 15) is 0 Å². The Labute approximate surface area is 92.3 Å². The molecule has 0 heterocycles. The van der Waals surface area contributed by atoms with E-state index in [1.807, 2.05) is 12.1 Å². The summed E-state index contributed by atoms with van der Waals surface area (Å²) in [5.41, 5.74) is 1.36. The number of ether oxygens (including phenoxy) is 1. The van der Waals surface area contributed by atoms with Crippen molar-refractivity contribution in [3.8, 4) is 5.75 Å². The summed E-state index contributed by atoms with van der Waals surface area (Å²) < 4.78 is 5.08. The monoisotopic (exact) mass is 215 g/mol. The Morgan fingerprint density at radius 1 is 1.14 bits per heavy atom. The Morgan fingerprint density at radius 3 is 2.14 bits per heavy atom. The van der Waals surface area contributed by atoms with Crippen molar-refractivity contribution in [2.45, 2.75) is 6.42 Å². The molecule has 0 aromatic heterocycles. The minimum atomic E-state index is 0. The zero-order valence-electron chi connectivity index (χ0n) is 8.99. The molecule has 80 valence electrons. The van der Waals surface area contributed by atoms with E-state index in [1.54, 1.807) is 7.11 Å². The second kappa shape index (κ2) is 6.68. The number of hydrogen-bond donors (Lipinski definition) is 0. The quantitative estimate of drug-likeness (QED) is 0.764. The highest BCUT2D eigenvalue weighted by atomic mass is 35.5. The maximum absolute atomic E-state index is 5.08. The van der Waals surface area contributed by atoms with E-state index >= 15 is 0 Å². The Kier molecular flexibility index (Phi) is 6.34. The van der Waals surface area contributed by atoms with Gasteiger partial charge >= 0.3 is 0 Å². The Morgan fingerprint density at radius 2 is 1.71 bits per heavy atom. The molecular weight excluding hydrogens is 198 g/mol. The van der Waals surface area contributed by atoms with E-state index < -0.39 is 0 Å². The predicted molar refractivity (Wildman–Crippen MR) is 62.5 cm³/mol. The molecule has 0 unspecified atom stereocenters. The number of hydrogen-bond acceptors (Lipinski definition) is 2. The van der Waals surface area contributed by atoms with Gasteiger partial charge in [0.1, 0.15) is 5.75 Å². The molecule has 0 saturated heterocycles. The summed E-state index contributed by atoms with van der Waals surface area (Å²) >= 11 is 0. The van der Waals surface area contributed by atoms with E-state index in [4.69, 9.17) is 4.74 Å². The smallest absolute Gasteiger partial charge is 0.118 e. The van der Waals surface area contributed by atoms with Crippen molar-refractivity contribution in [1.82, 2.24) is 4.90 Å². The molecule has 2 nitrogen and oxygen atoms in total. The van der Waals surface area contributed by atoms with Crippen molar-refractivity contribution in [1.29, 1.82) is 0 Å². The molecule has 1 rings (SSSR count). The van der Waals surface area contributed by atoms with Crippen molar-refractivity contribution >= 4 is 12.4 Å². The van der Waals surface area contributed by atoms with Gasteiger partial charge in [-0.15, -0.1) is 12.4 Å². The summed E-state index contributed by atoms with van der Waals surface area (Å²) in [6, 6.07) is 8.24. The molecule has 14 heavy (non-hydrogen) atoms. The second-order valence-electron chi connectivity index (χ2n) is 3.40. The number of rotatable bonds is 4. The van der Waals surface area contributed by atoms with E-state index in [-0.39, 0.29) is 12.4 Å².